The van der Waals surface area contributed by atoms with Gasteiger partial charge in [0.05, 0.1) is 24.0 Å². The summed E-state index contributed by atoms with van der Waals surface area (Å²) in [5.74, 6) is 0.164. The Morgan fingerprint density at radius 1 is 1.67 bits per heavy atom. The number of pyridine rings is 1. The molecule has 0 spiro atoms. The number of fused-ring (bicyclic) bond motifs is 1. The van der Waals surface area contributed by atoms with Crippen LogP contribution in [0, 0.1) is 6.92 Å². The Kier molecular flexibility index (Phi) is 2.29. The zero-order valence-electron chi connectivity index (χ0n) is 8.38. The van der Waals surface area contributed by atoms with Gasteiger partial charge in [-0.15, -0.1) is 0 Å². The Hall–Kier alpha value is -2.04. The molecule has 0 atom stereocenters. The van der Waals surface area contributed by atoms with Crippen molar-refractivity contribution in [3.05, 3.63) is 35.9 Å². The number of oxime groups is 1. The van der Waals surface area contributed by atoms with Crippen molar-refractivity contribution in [2.75, 3.05) is 0 Å². The second-order valence-corrected chi connectivity index (χ2v) is 3.46. The zero-order chi connectivity index (χ0) is 10.8. The SMILES string of the molecule is Cc1ccn2cnc(C/C(N)=N/O)c2c1. The van der Waals surface area contributed by atoms with Gasteiger partial charge in [-0.25, -0.2) is 4.98 Å². The fourth-order valence-electron chi connectivity index (χ4n) is 1.49. The van der Waals surface area contributed by atoms with Gasteiger partial charge in [0.15, 0.2) is 0 Å². The molecule has 15 heavy (non-hydrogen) atoms. The van der Waals surface area contributed by atoms with Crippen molar-refractivity contribution >= 4 is 11.4 Å². The summed E-state index contributed by atoms with van der Waals surface area (Å²) in [5, 5.41) is 11.4. The Balaban J connectivity index is 2.48. The van der Waals surface area contributed by atoms with E-state index in [1.165, 1.54) is 0 Å². The number of rotatable bonds is 2. The largest absolute Gasteiger partial charge is 0.409 e. The van der Waals surface area contributed by atoms with Crippen molar-refractivity contribution in [1.82, 2.24) is 9.38 Å². The van der Waals surface area contributed by atoms with Crippen molar-refractivity contribution in [1.29, 1.82) is 0 Å². The van der Waals surface area contributed by atoms with Crippen LogP contribution in [0.5, 0.6) is 0 Å². The minimum Gasteiger partial charge on any atom is -0.409 e. The van der Waals surface area contributed by atoms with Crippen LogP contribution < -0.4 is 5.73 Å². The van der Waals surface area contributed by atoms with Crippen LogP contribution in [-0.4, -0.2) is 20.4 Å². The summed E-state index contributed by atoms with van der Waals surface area (Å²) in [6.45, 7) is 2.01. The maximum atomic E-state index is 8.49. The number of hydrogen-bond acceptors (Lipinski definition) is 3. The minimum absolute atomic E-state index is 0.164. The lowest BCUT2D eigenvalue weighted by molar-refractivity contribution is 0.317. The van der Waals surface area contributed by atoms with E-state index in [4.69, 9.17) is 10.9 Å². The fourth-order valence-corrected chi connectivity index (χ4v) is 1.49. The van der Waals surface area contributed by atoms with Crippen molar-refractivity contribution in [3.8, 4) is 0 Å². The molecule has 0 fully saturated rings. The van der Waals surface area contributed by atoms with Gasteiger partial charge >= 0.3 is 0 Å². The topological polar surface area (TPSA) is 75.9 Å². The summed E-state index contributed by atoms with van der Waals surface area (Å²) in [5.41, 5.74) is 8.40. The van der Waals surface area contributed by atoms with E-state index in [0.717, 1.165) is 16.8 Å². The minimum atomic E-state index is 0.164. The van der Waals surface area contributed by atoms with Gasteiger partial charge in [-0.2, -0.15) is 0 Å². The lowest BCUT2D eigenvalue weighted by Gasteiger charge is -1.98. The smallest absolute Gasteiger partial charge is 0.145 e. The van der Waals surface area contributed by atoms with Crippen LogP contribution in [0.25, 0.3) is 5.52 Å². The number of imidazole rings is 1. The molecular weight excluding hydrogens is 192 g/mol. The summed E-state index contributed by atoms with van der Waals surface area (Å²) >= 11 is 0. The molecule has 0 aliphatic carbocycles. The Bertz CT molecular complexity index is 515. The molecule has 2 aromatic heterocycles. The molecule has 5 heteroatoms. The summed E-state index contributed by atoms with van der Waals surface area (Å²) < 4.78 is 1.91. The highest BCUT2D eigenvalue weighted by molar-refractivity contribution is 5.83. The quantitative estimate of drug-likeness (QED) is 0.331. The second-order valence-electron chi connectivity index (χ2n) is 3.46. The summed E-state index contributed by atoms with van der Waals surface area (Å²) in [4.78, 5) is 4.22. The van der Waals surface area contributed by atoms with Gasteiger partial charge in [-0.05, 0) is 24.6 Å². The molecule has 3 N–H and O–H groups in total. The molecule has 0 aliphatic rings. The van der Waals surface area contributed by atoms with Crippen LogP contribution in [-0.2, 0) is 6.42 Å². The number of amidine groups is 1. The zero-order valence-corrected chi connectivity index (χ0v) is 8.38. The first-order valence-corrected chi connectivity index (χ1v) is 4.59. The monoisotopic (exact) mass is 204 g/mol. The first-order valence-electron chi connectivity index (χ1n) is 4.59. The van der Waals surface area contributed by atoms with Gasteiger partial charge in [0.2, 0.25) is 0 Å². The van der Waals surface area contributed by atoms with Crippen LogP contribution in [0.4, 0.5) is 0 Å². The van der Waals surface area contributed by atoms with Crippen LogP contribution in [0.15, 0.2) is 29.8 Å². The van der Waals surface area contributed by atoms with Crippen LogP contribution in [0.1, 0.15) is 11.3 Å². The van der Waals surface area contributed by atoms with E-state index in [9.17, 15) is 0 Å². The summed E-state index contributed by atoms with van der Waals surface area (Å²) in [7, 11) is 0. The summed E-state index contributed by atoms with van der Waals surface area (Å²) in [6.07, 6.45) is 4.01. The highest BCUT2D eigenvalue weighted by atomic mass is 16.4. The number of nitrogens with zero attached hydrogens (tertiary/aromatic N) is 3. The molecule has 0 saturated heterocycles. The van der Waals surface area contributed by atoms with Gasteiger partial charge in [0.25, 0.3) is 0 Å². The second kappa shape index (κ2) is 3.61. The first kappa shape index (κ1) is 9.51. The number of aromatic nitrogens is 2. The number of hydrogen-bond donors (Lipinski definition) is 2. The number of nitrogens with two attached hydrogens (primary N) is 1. The molecule has 2 heterocycles. The molecule has 0 aliphatic heterocycles. The third-order valence-corrected chi connectivity index (χ3v) is 2.25. The average molecular weight is 204 g/mol. The van der Waals surface area contributed by atoms with E-state index in [2.05, 4.69) is 10.1 Å². The van der Waals surface area contributed by atoms with E-state index in [0.29, 0.717) is 6.42 Å². The Morgan fingerprint density at radius 2 is 2.47 bits per heavy atom. The first-order chi connectivity index (χ1) is 7.20. The molecule has 2 rings (SSSR count). The molecule has 78 valence electrons. The van der Waals surface area contributed by atoms with Gasteiger partial charge in [-0.3, -0.25) is 0 Å². The third-order valence-electron chi connectivity index (χ3n) is 2.25. The maximum Gasteiger partial charge on any atom is 0.145 e. The summed E-state index contributed by atoms with van der Waals surface area (Å²) in [6, 6.07) is 4.02. The fraction of sp³-hybridized carbons (Fsp3) is 0.200. The molecule has 2 aromatic rings. The Morgan fingerprint density at radius 3 is 3.20 bits per heavy atom. The van der Waals surface area contributed by atoms with Gasteiger partial charge in [-0.1, -0.05) is 5.16 Å². The van der Waals surface area contributed by atoms with E-state index >= 15 is 0 Å². The van der Waals surface area contributed by atoms with Gasteiger partial charge in [0, 0.05) is 6.20 Å². The van der Waals surface area contributed by atoms with Crippen LogP contribution in [0.2, 0.25) is 0 Å². The molecule has 0 amide bonds. The van der Waals surface area contributed by atoms with E-state index < -0.39 is 0 Å². The standard InChI is InChI=1S/C10H12N4O/c1-7-2-3-14-6-12-8(9(14)4-7)5-10(11)13-15/h2-4,6,15H,5H2,1H3,(H2,11,13). The predicted octanol–water partition coefficient (Wildman–Crippen LogP) is 0.932. The molecule has 0 saturated carbocycles. The maximum absolute atomic E-state index is 8.49. The Labute approximate surface area is 86.8 Å². The number of aryl methyl sites for hydroxylation is 1. The van der Waals surface area contributed by atoms with Crippen LogP contribution >= 0.6 is 0 Å². The average Bonchev–Trinajstić information content (AvgIpc) is 2.61. The predicted molar refractivity (Wildman–Crippen MR) is 57.0 cm³/mol. The molecule has 0 radical (unpaired) electrons. The third kappa shape index (κ3) is 1.76. The van der Waals surface area contributed by atoms with Crippen molar-refractivity contribution in [2.45, 2.75) is 13.3 Å². The van der Waals surface area contributed by atoms with Gasteiger partial charge < -0.3 is 15.3 Å². The van der Waals surface area contributed by atoms with Crippen molar-refractivity contribution in [2.24, 2.45) is 10.9 Å². The van der Waals surface area contributed by atoms with Crippen LogP contribution in [0.3, 0.4) is 0 Å². The molecule has 5 nitrogen and oxygen atoms in total. The van der Waals surface area contributed by atoms with Gasteiger partial charge in [0.1, 0.15) is 5.84 Å². The highest BCUT2D eigenvalue weighted by Crippen LogP contribution is 2.11. The van der Waals surface area contributed by atoms with E-state index in [-0.39, 0.29) is 5.84 Å². The highest BCUT2D eigenvalue weighted by Gasteiger charge is 2.06. The lowest BCUT2D eigenvalue weighted by Crippen LogP contribution is -2.15. The van der Waals surface area contributed by atoms with Crippen molar-refractivity contribution < 1.29 is 5.21 Å². The normalized spacial score (nSPS) is 12.2. The molecular formula is C10H12N4O. The molecule has 0 unspecified atom stereocenters. The van der Waals surface area contributed by atoms with E-state index in [1.807, 2.05) is 29.7 Å². The van der Waals surface area contributed by atoms with E-state index in [1.54, 1.807) is 6.33 Å². The lowest BCUT2D eigenvalue weighted by atomic mass is 10.2. The molecule has 0 aromatic carbocycles. The molecule has 0 bridgehead atoms. The van der Waals surface area contributed by atoms with Crippen molar-refractivity contribution in [3.63, 3.8) is 0 Å².